The van der Waals surface area contributed by atoms with E-state index in [1.165, 1.54) is 38.5 Å². The minimum Gasteiger partial charge on any atom is -0.374 e. The Labute approximate surface area is 102 Å². The van der Waals surface area contributed by atoms with Crippen molar-refractivity contribution in [2.75, 3.05) is 13.7 Å². The second kappa shape index (κ2) is 9.00. The molecule has 0 aliphatic heterocycles. The van der Waals surface area contributed by atoms with E-state index in [2.05, 4.69) is 33.0 Å². The lowest BCUT2D eigenvalue weighted by atomic mass is 10.1. The van der Waals surface area contributed by atoms with Crippen molar-refractivity contribution in [1.82, 2.24) is 5.32 Å². The van der Waals surface area contributed by atoms with Crippen molar-refractivity contribution in [1.29, 1.82) is 0 Å². The lowest BCUT2D eigenvalue weighted by Crippen LogP contribution is -2.34. The summed E-state index contributed by atoms with van der Waals surface area (Å²) >= 11 is 0. The summed E-state index contributed by atoms with van der Waals surface area (Å²) in [5.41, 5.74) is -0.0166. The Kier molecular flexibility index (Phi) is 8.96. The summed E-state index contributed by atoms with van der Waals surface area (Å²) in [7, 11) is 2.03. The van der Waals surface area contributed by atoms with Crippen molar-refractivity contribution < 1.29 is 4.74 Å². The predicted octanol–water partition coefficient (Wildman–Crippen LogP) is 3.75. The van der Waals surface area contributed by atoms with Gasteiger partial charge < -0.3 is 10.1 Å². The maximum Gasteiger partial charge on any atom is 0.0626 e. The van der Waals surface area contributed by atoms with Crippen LogP contribution >= 0.6 is 0 Å². The lowest BCUT2D eigenvalue weighted by molar-refractivity contribution is -0.0147. The van der Waals surface area contributed by atoms with Crippen LogP contribution < -0.4 is 5.32 Å². The number of rotatable bonds is 9. The van der Waals surface area contributed by atoms with Gasteiger partial charge in [-0.05, 0) is 34.2 Å². The molecular weight excluding hydrogens is 198 g/mol. The first-order valence-electron chi connectivity index (χ1n) is 6.81. The van der Waals surface area contributed by atoms with E-state index in [1.54, 1.807) is 0 Å². The van der Waals surface area contributed by atoms with Crippen LogP contribution in [0.4, 0.5) is 0 Å². The molecule has 0 saturated heterocycles. The number of ether oxygens (including phenoxy) is 1. The molecule has 1 unspecified atom stereocenters. The van der Waals surface area contributed by atoms with Gasteiger partial charge in [0, 0.05) is 6.04 Å². The van der Waals surface area contributed by atoms with Gasteiger partial charge in [0.2, 0.25) is 0 Å². The molecule has 0 fully saturated rings. The van der Waals surface area contributed by atoms with Crippen LogP contribution in [-0.2, 0) is 4.74 Å². The van der Waals surface area contributed by atoms with E-state index in [4.69, 9.17) is 4.74 Å². The quantitative estimate of drug-likeness (QED) is 0.608. The molecule has 1 N–H and O–H groups in total. The zero-order valence-corrected chi connectivity index (χ0v) is 11.9. The van der Waals surface area contributed by atoms with Crippen molar-refractivity contribution >= 4 is 0 Å². The third kappa shape index (κ3) is 10.4. The highest BCUT2D eigenvalue weighted by Crippen LogP contribution is 2.11. The number of hydrogen-bond acceptors (Lipinski definition) is 2. The molecule has 0 rings (SSSR count). The van der Waals surface area contributed by atoms with Gasteiger partial charge in [0.05, 0.1) is 12.2 Å². The summed E-state index contributed by atoms with van der Waals surface area (Å²) in [6.45, 7) is 9.42. The zero-order valence-electron chi connectivity index (χ0n) is 11.9. The number of nitrogens with one attached hydrogen (secondary N) is 1. The van der Waals surface area contributed by atoms with E-state index in [0.717, 1.165) is 6.61 Å². The average molecular weight is 229 g/mol. The molecule has 0 amide bonds. The van der Waals surface area contributed by atoms with Crippen LogP contribution in [0.5, 0.6) is 0 Å². The molecule has 0 aliphatic rings. The van der Waals surface area contributed by atoms with E-state index in [1.807, 2.05) is 7.05 Å². The Hall–Kier alpha value is -0.0800. The van der Waals surface area contributed by atoms with Gasteiger partial charge in [0.25, 0.3) is 0 Å². The Morgan fingerprint density at radius 1 is 1.06 bits per heavy atom. The minimum atomic E-state index is -0.0166. The van der Waals surface area contributed by atoms with Crippen molar-refractivity contribution in [3.8, 4) is 0 Å². The molecule has 0 spiro atoms. The molecule has 0 aromatic heterocycles. The van der Waals surface area contributed by atoms with Crippen LogP contribution in [0.15, 0.2) is 0 Å². The van der Waals surface area contributed by atoms with Crippen molar-refractivity contribution in [3.05, 3.63) is 0 Å². The molecule has 0 heterocycles. The van der Waals surface area contributed by atoms with E-state index < -0.39 is 0 Å². The van der Waals surface area contributed by atoms with E-state index in [0.29, 0.717) is 6.04 Å². The Morgan fingerprint density at radius 3 is 2.19 bits per heavy atom. The molecule has 2 nitrogen and oxygen atoms in total. The maximum atomic E-state index is 5.80. The molecule has 0 saturated carbocycles. The highest BCUT2D eigenvalue weighted by molar-refractivity contribution is 4.67. The first-order valence-corrected chi connectivity index (χ1v) is 6.81. The normalized spacial score (nSPS) is 14.1. The maximum absolute atomic E-state index is 5.80. The van der Waals surface area contributed by atoms with Gasteiger partial charge in [0.15, 0.2) is 0 Å². The standard InChI is InChI=1S/C14H31NO/c1-6-7-8-9-10-11-13(15-5)12-16-14(2,3)4/h13,15H,6-12H2,1-5H3. The summed E-state index contributed by atoms with van der Waals surface area (Å²) in [5, 5.41) is 3.34. The predicted molar refractivity (Wildman–Crippen MR) is 71.9 cm³/mol. The van der Waals surface area contributed by atoms with Crippen molar-refractivity contribution in [3.63, 3.8) is 0 Å². The molecule has 0 aromatic rings. The summed E-state index contributed by atoms with van der Waals surface area (Å²) in [4.78, 5) is 0. The van der Waals surface area contributed by atoms with Crippen molar-refractivity contribution in [2.24, 2.45) is 0 Å². The molecule has 0 aromatic carbocycles. The molecule has 2 heteroatoms. The highest BCUT2D eigenvalue weighted by Gasteiger charge is 2.13. The third-order valence-electron chi connectivity index (χ3n) is 2.78. The van der Waals surface area contributed by atoms with E-state index >= 15 is 0 Å². The van der Waals surface area contributed by atoms with Crippen molar-refractivity contribution in [2.45, 2.75) is 77.9 Å². The number of hydrogen-bond donors (Lipinski definition) is 1. The first kappa shape index (κ1) is 15.9. The second-order valence-corrected chi connectivity index (χ2v) is 5.61. The Bertz CT molecular complexity index is 151. The van der Waals surface area contributed by atoms with Gasteiger partial charge in [-0.25, -0.2) is 0 Å². The summed E-state index contributed by atoms with van der Waals surface area (Å²) in [6.07, 6.45) is 8.00. The fraction of sp³-hybridized carbons (Fsp3) is 1.00. The van der Waals surface area contributed by atoms with Gasteiger partial charge in [0.1, 0.15) is 0 Å². The van der Waals surface area contributed by atoms with Gasteiger partial charge in [-0.3, -0.25) is 0 Å². The van der Waals surface area contributed by atoms with Crippen LogP contribution in [-0.4, -0.2) is 25.3 Å². The number of unbranched alkanes of at least 4 members (excludes halogenated alkanes) is 4. The molecule has 16 heavy (non-hydrogen) atoms. The second-order valence-electron chi connectivity index (χ2n) is 5.61. The van der Waals surface area contributed by atoms with Gasteiger partial charge in [-0.1, -0.05) is 39.0 Å². The fourth-order valence-electron chi connectivity index (χ4n) is 1.66. The third-order valence-corrected chi connectivity index (χ3v) is 2.78. The van der Waals surface area contributed by atoms with Crippen LogP contribution in [0.1, 0.15) is 66.2 Å². The monoisotopic (exact) mass is 229 g/mol. The Balaban J connectivity index is 3.52. The van der Waals surface area contributed by atoms with Gasteiger partial charge >= 0.3 is 0 Å². The summed E-state index contributed by atoms with van der Waals surface area (Å²) in [6, 6.07) is 0.515. The van der Waals surface area contributed by atoms with E-state index in [9.17, 15) is 0 Å². The zero-order chi connectivity index (χ0) is 12.4. The van der Waals surface area contributed by atoms with Crippen LogP contribution in [0.25, 0.3) is 0 Å². The minimum absolute atomic E-state index is 0.0166. The topological polar surface area (TPSA) is 21.3 Å². The van der Waals surface area contributed by atoms with Gasteiger partial charge in [-0.2, -0.15) is 0 Å². The average Bonchev–Trinajstić information content (AvgIpc) is 2.21. The molecule has 0 bridgehead atoms. The summed E-state index contributed by atoms with van der Waals surface area (Å²) in [5.74, 6) is 0. The van der Waals surface area contributed by atoms with E-state index in [-0.39, 0.29) is 5.60 Å². The van der Waals surface area contributed by atoms with Crippen LogP contribution in [0.2, 0.25) is 0 Å². The smallest absolute Gasteiger partial charge is 0.0626 e. The molecule has 98 valence electrons. The fourth-order valence-corrected chi connectivity index (χ4v) is 1.66. The van der Waals surface area contributed by atoms with Gasteiger partial charge in [-0.15, -0.1) is 0 Å². The largest absolute Gasteiger partial charge is 0.374 e. The number of likely N-dealkylation sites (N-methyl/N-ethyl adjacent to an activating group) is 1. The van der Waals surface area contributed by atoms with Crippen LogP contribution in [0.3, 0.4) is 0 Å². The Morgan fingerprint density at radius 2 is 1.69 bits per heavy atom. The molecular formula is C14H31NO. The SMILES string of the molecule is CCCCCCCC(COC(C)(C)C)NC. The lowest BCUT2D eigenvalue weighted by Gasteiger charge is -2.24. The molecule has 0 radical (unpaired) electrons. The first-order chi connectivity index (χ1) is 7.49. The summed E-state index contributed by atoms with van der Waals surface area (Å²) < 4.78 is 5.80. The molecule has 1 atom stereocenters. The van der Waals surface area contributed by atoms with Crippen LogP contribution in [0, 0.1) is 0 Å². The molecule has 0 aliphatic carbocycles. The highest BCUT2D eigenvalue weighted by atomic mass is 16.5.